The van der Waals surface area contributed by atoms with Crippen molar-refractivity contribution in [3.05, 3.63) is 58.3 Å². The van der Waals surface area contributed by atoms with Gasteiger partial charge >= 0.3 is 0 Å². The van der Waals surface area contributed by atoms with Crippen LogP contribution in [-0.2, 0) is 16.6 Å². The number of carbonyl (C=O) groups is 1. The predicted octanol–water partition coefficient (Wildman–Crippen LogP) is 4.37. The third-order valence-electron chi connectivity index (χ3n) is 4.25. The molecule has 3 rings (SSSR count). The Morgan fingerprint density at radius 2 is 1.89 bits per heavy atom. The molecule has 0 N–H and O–H groups in total. The average Bonchev–Trinajstić information content (AvgIpc) is 2.89. The van der Waals surface area contributed by atoms with Crippen LogP contribution in [0.25, 0.3) is 0 Å². The van der Waals surface area contributed by atoms with Gasteiger partial charge in [-0.3, -0.25) is 4.79 Å². The number of carbonyl (C=O) groups excluding carboxylic acids is 1. The first kappa shape index (κ1) is 12.6. The number of thiophene rings is 1. The molecule has 0 amide bonds. The molecular weight excluding hydrogens is 252 g/mol. The molecule has 1 aliphatic rings. The summed E-state index contributed by atoms with van der Waals surface area (Å²) >= 11 is 1.74. The van der Waals surface area contributed by atoms with E-state index in [9.17, 15) is 4.79 Å². The molecule has 0 saturated heterocycles. The summed E-state index contributed by atoms with van der Waals surface area (Å²) in [5, 5.41) is 2.08. The van der Waals surface area contributed by atoms with Crippen molar-refractivity contribution < 1.29 is 4.79 Å². The molecule has 1 heterocycles. The van der Waals surface area contributed by atoms with E-state index in [1.807, 2.05) is 18.2 Å². The van der Waals surface area contributed by atoms with Crippen LogP contribution >= 0.6 is 11.3 Å². The van der Waals surface area contributed by atoms with Crippen LogP contribution in [0, 0.1) is 0 Å². The van der Waals surface area contributed by atoms with Gasteiger partial charge in [0.15, 0.2) is 0 Å². The number of hydrogen-bond acceptors (Lipinski definition) is 2. The standard InChI is InChI=1S/C17H18OS/c18-16(10-9-15-8-4-13-19-15)17(11-5-12-17)14-6-2-1-3-7-14/h1-4,6-8,13H,5,9-12H2. The molecular formula is C17H18OS. The highest BCUT2D eigenvalue weighted by Gasteiger charge is 2.44. The normalized spacial score (nSPS) is 16.8. The van der Waals surface area contributed by atoms with Crippen LogP contribution in [0.2, 0.25) is 0 Å². The Hall–Kier alpha value is -1.41. The van der Waals surface area contributed by atoms with Gasteiger partial charge in [-0.15, -0.1) is 11.3 Å². The Bertz CT molecular complexity index is 538. The van der Waals surface area contributed by atoms with E-state index in [0.29, 0.717) is 12.2 Å². The van der Waals surface area contributed by atoms with Crippen molar-refractivity contribution in [3.63, 3.8) is 0 Å². The van der Waals surface area contributed by atoms with Crippen molar-refractivity contribution in [2.75, 3.05) is 0 Å². The summed E-state index contributed by atoms with van der Waals surface area (Å²) in [7, 11) is 0. The molecule has 1 aromatic heterocycles. The molecule has 19 heavy (non-hydrogen) atoms. The van der Waals surface area contributed by atoms with E-state index in [4.69, 9.17) is 0 Å². The second-order valence-corrected chi connectivity index (χ2v) is 6.34. The maximum Gasteiger partial charge on any atom is 0.143 e. The monoisotopic (exact) mass is 270 g/mol. The Kier molecular flexibility index (Phi) is 3.52. The Morgan fingerprint density at radius 3 is 2.47 bits per heavy atom. The largest absolute Gasteiger partial charge is 0.299 e. The number of Topliss-reactive ketones (excluding diaryl/α,β-unsaturated/α-hetero) is 1. The summed E-state index contributed by atoms with van der Waals surface area (Å²) in [5.41, 5.74) is 1.05. The molecule has 0 unspecified atom stereocenters. The molecule has 1 aromatic carbocycles. The molecule has 0 aliphatic heterocycles. The number of benzene rings is 1. The third kappa shape index (κ3) is 2.37. The van der Waals surface area contributed by atoms with Gasteiger partial charge in [0.25, 0.3) is 0 Å². The van der Waals surface area contributed by atoms with E-state index < -0.39 is 0 Å². The van der Waals surface area contributed by atoms with Crippen LogP contribution in [0.15, 0.2) is 47.8 Å². The van der Waals surface area contributed by atoms with Crippen molar-refractivity contribution >= 4 is 17.1 Å². The van der Waals surface area contributed by atoms with Gasteiger partial charge in [0.2, 0.25) is 0 Å². The van der Waals surface area contributed by atoms with E-state index in [-0.39, 0.29) is 5.41 Å². The van der Waals surface area contributed by atoms with Crippen LogP contribution in [-0.4, -0.2) is 5.78 Å². The third-order valence-corrected chi connectivity index (χ3v) is 5.18. The fraction of sp³-hybridized carbons (Fsp3) is 0.353. The minimum absolute atomic E-state index is 0.168. The van der Waals surface area contributed by atoms with E-state index in [1.165, 1.54) is 16.9 Å². The van der Waals surface area contributed by atoms with Crippen molar-refractivity contribution in [2.45, 2.75) is 37.5 Å². The van der Waals surface area contributed by atoms with Gasteiger partial charge in [-0.2, -0.15) is 0 Å². The van der Waals surface area contributed by atoms with Crippen LogP contribution < -0.4 is 0 Å². The molecule has 2 aromatic rings. The fourth-order valence-electron chi connectivity index (χ4n) is 2.95. The summed E-state index contributed by atoms with van der Waals surface area (Å²) < 4.78 is 0. The second-order valence-electron chi connectivity index (χ2n) is 5.30. The summed E-state index contributed by atoms with van der Waals surface area (Å²) in [5.74, 6) is 0.429. The van der Waals surface area contributed by atoms with Crippen LogP contribution in [0.1, 0.15) is 36.1 Å². The van der Waals surface area contributed by atoms with Crippen LogP contribution in [0.3, 0.4) is 0 Å². The first-order chi connectivity index (χ1) is 9.31. The smallest absolute Gasteiger partial charge is 0.143 e. The summed E-state index contributed by atoms with van der Waals surface area (Å²) in [6.07, 6.45) is 4.81. The molecule has 0 spiro atoms. The van der Waals surface area contributed by atoms with Crippen molar-refractivity contribution in [1.29, 1.82) is 0 Å². The minimum Gasteiger partial charge on any atom is -0.299 e. The SMILES string of the molecule is O=C(CCc1cccs1)C1(c2ccccc2)CCC1. The number of rotatable bonds is 5. The van der Waals surface area contributed by atoms with Gasteiger partial charge in [-0.1, -0.05) is 42.8 Å². The zero-order chi connectivity index (χ0) is 13.1. The van der Waals surface area contributed by atoms with E-state index >= 15 is 0 Å². The number of ketones is 1. The Labute approximate surface area is 118 Å². The average molecular weight is 270 g/mol. The predicted molar refractivity (Wildman–Crippen MR) is 79.6 cm³/mol. The zero-order valence-corrected chi connectivity index (χ0v) is 11.8. The molecule has 0 radical (unpaired) electrons. The lowest BCUT2D eigenvalue weighted by molar-refractivity contribution is -0.127. The van der Waals surface area contributed by atoms with Crippen LogP contribution in [0.5, 0.6) is 0 Å². The van der Waals surface area contributed by atoms with E-state index in [2.05, 4.69) is 29.6 Å². The van der Waals surface area contributed by atoms with E-state index in [1.54, 1.807) is 11.3 Å². The second kappa shape index (κ2) is 5.30. The topological polar surface area (TPSA) is 17.1 Å². The summed E-state index contributed by atoms with van der Waals surface area (Å²) in [6.45, 7) is 0. The quantitative estimate of drug-likeness (QED) is 0.788. The first-order valence-electron chi connectivity index (χ1n) is 6.92. The molecule has 1 nitrogen and oxygen atoms in total. The minimum atomic E-state index is -0.168. The van der Waals surface area contributed by atoms with Crippen molar-refractivity contribution in [1.82, 2.24) is 0 Å². The van der Waals surface area contributed by atoms with Crippen molar-refractivity contribution in [3.8, 4) is 0 Å². The van der Waals surface area contributed by atoms with Gasteiger partial charge in [-0.25, -0.2) is 0 Å². The van der Waals surface area contributed by atoms with Gasteiger partial charge in [0.1, 0.15) is 5.78 Å². The van der Waals surface area contributed by atoms with Gasteiger partial charge in [0.05, 0.1) is 5.41 Å². The maximum absolute atomic E-state index is 12.6. The molecule has 98 valence electrons. The maximum atomic E-state index is 12.6. The first-order valence-corrected chi connectivity index (χ1v) is 7.80. The zero-order valence-electron chi connectivity index (χ0n) is 11.0. The van der Waals surface area contributed by atoms with Gasteiger partial charge < -0.3 is 0 Å². The fourth-order valence-corrected chi connectivity index (χ4v) is 3.66. The molecule has 0 bridgehead atoms. The number of hydrogen-bond donors (Lipinski definition) is 0. The lowest BCUT2D eigenvalue weighted by Gasteiger charge is -2.41. The molecule has 2 heteroatoms. The number of aryl methyl sites for hydroxylation is 1. The Balaban J connectivity index is 1.73. The van der Waals surface area contributed by atoms with Crippen LogP contribution in [0.4, 0.5) is 0 Å². The highest BCUT2D eigenvalue weighted by molar-refractivity contribution is 7.09. The molecule has 1 aliphatic carbocycles. The molecule has 0 atom stereocenters. The van der Waals surface area contributed by atoms with Gasteiger partial charge in [0, 0.05) is 11.3 Å². The van der Waals surface area contributed by atoms with E-state index in [0.717, 1.165) is 19.3 Å². The summed E-state index contributed by atoms with van der Waals surface area (Å²) in [6, 6.07) is 14.5. The molecule has 1 saturated carbocycles. The lowest BCUT2D eigenvalue weighted by atomic mass is 9.61. The summed E-state index contributed by atoms with van der Waals surface area (Å²) in [4.78, 5) is 14.0. The van der Waals surface area contributed by atoms with Crippen molar-refractivity contribution in [2.24, 2.45) is 0 Å². The van der Waals surface area contributed by atoms with Gasteiger partial charge in [-0.05, 0) is 36.3 Å². The lowest BCUT2D eigenvalue weighted by Crippen LogP contribution is -2.42. The highest BCUT2D eigenvalue weighted by Crippen LogP contribution is 2.45. The Morgan fingerprint density at radius 1 is 1.11 bits per heavy atom. The highest BCUT2D eigenvalue weighted by atomic mass is 32.1. The molecule has 1 fully saturated rings.